The third-order valence-electron chi connectivity index (χ3n) is 4.21. The van der Waals surface area contributed by atoms with Gasteiger partial charge < -0.3 is 5.32 Å². The molecule has 0 heterocycles. The number of hydrogen-bond donors (Lipinski definition) is 1. The van der Waals surface area contributed by atoms with E-state index in [-0.39, 0.29) is 16.5 Å². The molecule has 1 aromatic carbocycles. The molecule has 1 aliphatic rings. The van der Waals surface area contributed by atoms with Crippen molar-refractivity contribution in [3.63, 3.8) is 0 Å². The van der Waals surface area contributed by atoms with Gasteiger partial charge >= 0.3 is 0 Å². The van der Waals surface area contributed by atoms with E-state index < -0.39 is 10.8 Å². The molecule has 0 spiro atoms. The average molecular weight is 279 g/mol. The van der Waals surface area contributed by atoms with Crippen LogP contribution in [0.2, 0.25) is 0 Å². The standard InChI is InChI=1S/C16H25NOS/c1-5-17-16-14-9-7-6-8-13(14)10-15(16)19(18)12(4)11(2)3/h6-9,11-12,15-17H,5,10H2,1-4H3. The van der Waals surface area contributed by atoms with Gasteiger partial charge in [0.05, 0.1) is 5.25 Å². The number of nitrogens with one attached hydrogen (secondary N) is 1. The number of fused-ring (bicyclic) bond motifs is 1. The molecule has 0 aromatic heterocycles. The second-order valence-electron chi connectivity index (χ2n) is 5.75. The van der Waals surface area contributed by atoms with E-state index in [1.807, 2.05) is 0 Å². The van der Waals surface area contributed by atoms with E-state index in [1.165, 1.54) is 11.1 Å². The van der Waals surface area contributed by atoms with Gasteiger partial charge in [-0.05, 0) is 30.0 Å². The van der Waals surface area contributed by atoms with Crippen molar-refractivity contribution in [3.8, 4) is 0 Å². The fourth-order valence-corrected chi connectivity index (χ4v) is 4.72. The molecule has 0 radical (unpaired) electrons. The molecule has 3 heteroatoms. The molecule has 1 aliphatic carbocycles. The van der Waals surface area contributed by atoms with Gasteiger partial charge in [-0.25, -0.2) is 0 Å². The fourth-order valence-electron chi connectivity index (χ4n) is 2.78. The highest BCUT2D eigenvalue weighted by Crippen LogP contribution is 2.36. The largest absolute Gasteiger partial charge is 0.309 e. The summed E-state index contributed by atoms with van der Waals surface area (Å²) in [6, 6.07) is 8.78. The van der Waals surface area contributed by atoms with Crippen molar-refractivity contribution in [1.29, 1.82) is 0 Å². The van der Waals surface area contributed by atoms with Gasteiger partial charge in [-0.3, -0.25) is 4.21 Å². The fraction of sp³-hybridized carbons (Fsp3) is 0.625. The molecule has 1 aromatic rings. The lowest BCUT2D eigenvalue weighted by atomic mass is 10.1. The highest BCUT2D eigenvalue weighted by Gasteiger charge is 2.37. The Morgan fingerprint density at radius 2 is 2.00 bits per heavy atom. The Labute approximate surface area is 119 Å². The Kier molecular flexibility index (Phi) is 4.80. The van der Waals surface area contributed by atoms with E-state index in [1.54, 1.807) is 0 Å². The zero-order valence-corrected chi connectivity index (χ0v) is 13.2. The Morgan fingerprint density at radius 3 is 2.63 bits per heavy atom. The highest BCUT2D eigenvalue weighted by atomic mass is 32.2. The molecular weight excluding hydrogens is 254 g/mol. The molecule has 2 nitrogen and oxygen atoms in total. The van der Waals surface area contributed by atoms with E-state index >= 15 is 0 Å². The van der Waals surface area contributed by atoms with Crippen LogP contribution in [0, 0.1) is 5.92 Å². The van der Waals surface area contributed by atoms with Gasteiger partial charge in [0.1, 0.15) is 0 Å². The first kappa shape index (κ1) is 14.7. The normalized spacial score (nSPS) is 25.3. The van der Waals surface area contributed by atoms with Crippen LogP contribution in [0.3, 0.4) is 0 Å². The molecule has 0 aliphatic heterocycles. The van der Waals surface area contributed by atoms with Gasteiger partial charge in [-0.15, -0.1) is 0 Å². The number of benzene rings is 1. The Morgan fingerprint density at radius 1 is 1.32 bits per heavy atom. The third kappa shape index (κ3) is 2.92. The number of rotatable bonds is 5. The second-order valence-corrected chi connectivity index (χ2v) is 7.76. The summed E-state index contributed by atoms with van der Waals surface area (Å²) >= 11 is 0. The monoisotopic (exact) mass is 279 g/mol. The SMILES string of the molecule is CCNC1c2ccccc2CC1S(=O)C(C)C(C)C. The van der Waals surface area contributed by atoms with Crippen molar-refractivity contribution >= 4 is 10.8 Å². The third-order valence-corrected chi connectivity index (χ3v) is 6.52. The summed E-state index contributed by atoms with van der Waals surface area (Å²) in [5, 5.41) is 4.00. The molecule has 0 amide bonds. The van der Waals surface area contributed by atoms with Crippen LogP contribution in [0.1, 0.15) is 44.9 Å². The molecule has 0 fully saturated rings. The predicted molar refractivity (Wildman–Crippen MR) is 82.8 cm³/mol. The lowest BCUT2D eigenvalue weighted by molar-refractivity contribution is 0.532. The van der Waals surface area contributed by atoms with Crippen molar-refractivity contribution in [2.75, 3.05) is 6.54 Å². The molecule has 19 heavy (non-hydrogen) atoms. The maximum Gasteiger partial charge on any atom is 0.0586 e. The van der Waals surface area contributed by atoms with Crippen molar-refractivity contribution in [2.45, 2.75) is 50.7 Å². The minimum atomic E-state index is -0.791. The molecule has 1 N–H and O–H groups in total. The molecule has 2 rings (SSSR count). The first-order chi connectivity index (χ1) is 9.06. The zero-order chi connectivity index (χ0) is 14.0. The van der Waals surface area contributed by atoms with Crippen LogP contribution in [0.15, 0.2) is 24.3 Å². The summed E-state index contributed by atoms with van der Waals surface area (Å²) in [7, 11) is -0.791. The lowest BCUT2D eigenvalue weighted by Crippen LogP contribution is -2.36. The molecule has 4 atom stereocenters. The predicted octanol–water partition coefficient (Wildman–Crippen LogP) is 3.06. The maximum absolute atomic E-state index is 12.8. The summed E-state index contributed by atoms with van der Waals surface area (Å²) in [6.07, 6.45) is 0.942. The average Bonchev–Trinajstić information content (AvgIpc) is 2.76. The van der Waals surface area contributed by atoms with E-state index in [0.717, 1.165) is 13.0 Å². The van der Waals surface area contributed by atoms with Crippen LogP contribution in [0.5, 0.6) is 0 Å². The quantitative estimate of drug-likeness (QED) is 0.897. The van der Waals surface area contributed by atoms with Crippen LogP contribution in [-0.4, -0.2) is 21.3 Å². The minimum Gasteiger partial charge on any atom is -0.309 e. The van der Waals surface area contributed by atoms with Gasteiger partial charge in [0.15, 0.2) is 0 Å². The Bertz CT molecular complexity index is 458. The summed E-state index contributed by atoms with van der Waals surface area (Å²) < 4.78 is 12.8. The summed E-state index contributed by atoms with van der Waals surface area (Å²) in [5.74, 6) is 0.465. The van der Waals surface area contributed by atoms with Gasteiger partial charge in [-0.2, -0.15) is 0 Å². The van der Waals surface area contributed by atoms with Crippen LogP contribution in [0.4, 0.5) is 0 Å². The molecule has 4 unspecified atom stereocenters. The van der Waals surface area contributed by atoms with Crippen molar-refractivity contribution in [3.05, 3.63) is 35.4 Å². The maximum atomic E-state index is 12.8. The highest BCUT2D eigenvalue weighted by molar-refractivity contribution is 7.86. The van der Waals surface area contributed by atoms with E-state index in [4.69, 9.17) is 0 Å². The van der Waals surface area contributed by atoms with Gasteiger partial charge in [0.25, 0.3) is 0 Å². The summed E-state index contributed by atoms with van der Waals surface area (Å²) in [6.45, 7) is 9.47. The van der Waals surface area contributed by atoms with Gasteiger partial charge in [0.2, 0.25) is 0 Å². The van der Waals surface area contributed by atoms with Crippen LogP contribution in [0.25, 0.3) is 0 Å². The first-order valence-corrected chi connectivity index (χ1v) is 8.54. The van der Waals surface area contributed by atoms with E-state index in [2.05, 4.69) is 57.3 Å². The summed E-state index contributed by atoms with van der Waals surface area (Å²) in [4.78, 5) is 0. The molecule has 0 saturated heterocycles. The lowest BCUT2D eigenvalue weighted by Gasteiger charge is -2.25. The van der Waals surface area contributed by atoms with Gasteiger partial charge in [0, 0.05) is 22.1 Å². The Balaban J connectivity index is 2.25. The second kappa shape index (κ2) is 6.19. The van der Waals surface area contributed by atoms with Crippen molar-refractivity contribution in [2.24, 2.45) is 5.92 Å². The number of hydrogen-bond acceptors (Lipinski definition) is 2. The molecule has 106 valence electrons. The minimum absolute atomic E-state index is 0.217. The molecular formula is C16H25NOS. The van der Waals surface area contributed by atoms with E-state index in [0.29, 0.717) is 5.92 Å². The first-order valence-electron chi connectivity index (χ1n) is 7.26. The van der Waals surface area contributed by atoms with Crippen LogP contribution < -0.4 is 5.32 Å². The van der Waals surface area contributed by atoms with Crippen molar-refractivity contribution in [1.82, 2.24) is 5.32 Å². The smallest absolute Gasteiger partial charge is 0.0586 e. The Hall–Kier alpha value is -0.670. The van der Waals surface area contributed by atoms with Crippen molar-refractivity contribution < 1.29 is 4.21 Å². The topological polar surface area (TPSA) is 29.1 Å². The molecule has 0 bridgehead atoms. The molecule has 0 saturated carbocycles. The van der Waals surface area contributed by atoms with Crippen LogP contribution in [-0.2, 0) is 17.2 Å². The zero-order valence-electron chi connectivity index (χ0n) is 12.3. The summed E-state index contributed by atoms with van der Waals surface area (Å²) in [5.41, 5.74) is 2.71. The van der Waals surface area contributed by atoms with Gasteiger partial charge in [-0.1, -0.05) is 52.0 Å². The van der Waals surface area contributed by atoms with Crippen LogP contribution >= 0.6 is 0 Å². The van der Waals surface area contributed by atoms with E-state index in [9.17, 15) is 4.21 Å².